The molecular weight excluding hydrogens is 202 g/mol. The maximum Gasteiger partial charge on any atom is 0.237 e. The van der Waals surface area contributed by atoms with E-state index >= 15 is 0 Å². The zero-order chi connectivity index (χ0) is 9.68. The number of halogens is 1. The van der Waals surface area contributed by atoms with Crippen molar-refractivity contribution in [2.24, 2.45) is 5.73 Å². The lowest BCUT2D eigenvalue weighted by Gasteiger charge is -2.24. The third-order valence-electron chi connectivity index (χ3n) is 2.42. The fourth-order valence-corrected chi connectivity index (χ4v) is 1.47. The highest BCUT2D eigenvalue weighted by atomic mass is 35.5. The van der Waals surface area contributed by atoms with E-state index in [-0.39, 0.29) is 30.4 Å². The van der Waals surface area contributed by atoms with Gasteiger partial charge in [0.05, 0.1) is 6.04 Å². The lowest BCUT2D eigenvalue weighted by atomic mass is 10.1. The molecule has 2 atom stereocenters. The first-order valence-electron chi connectivity index (χ1n) is 5.00. The molecule has 0 bridgehead atoms. The summed E-state index contributed by atoms with van der Waals surface area (Å²) in [5.74, 6) is -0.0174. The zero-order valence-corrected chi connectivity index (χ0v) is 9.40. The van der Waals surface area contributed by atoms with Crippen LogP contribution >= 0.6 is 12.4 Å². The molecule has 5 heteroatoms. The molecule has 1 saturated heterocycles. The first kappa shape index (κ1) is 13.7. The second-order valence-corrected chi connectivity index (χ2v) is 3.57. The normalized spacial score (nSPS) is 23.4. The van der Waals surface area contributed by atoms with Gasteiger partial charge in [0.1, 0.15) is 0 Å². The highest BCUT2D eigenvalue weighted by Crippen LogP contribution is 2.01. The lowest BCUT2D eigenvalue weighted by Crippen LogP contribution is -2.50. The van der Waals surface area contributed by atoms with Gasteiger partial charge < -0.3 is 16.4 Å². The molecule has 0 aromatic rings. The van der Waals surface area contributed by atoms with Crippen molar-refractivity contribution in [1.82, 2.24) is 10.6 Å². The van der Waals surface area contributed by atoms with Crippen LogP contribution in [0.2, 0.25) is 0 Å². The highest BCUT2D eigenvalue weighted by Gasteiger charge is 2.18. The molecule has 0 radical (unpaired) electrons. The van der Waals surface area contributed by atoms with E-state index < -0.39 is 0 Å². The predicted octanol–water partition coefficient (Wildman–Crippen LogP) is 0.0137. The Morgan fingerprint density at radius 1 is 1.71 bits per heavy atom. The Balaban J connectivity index is 0.00000169. The maximum atomic E-state index is 11.4. The van der Waals surface area contributed by atoms with Crippen LogP contribution in [-0.4, -0.2) is 31.1 Å². The number of amides is 1. The molecule has 1 unspecified atom stereocenters. The lowest BCUT2D eigenvalue weighted by molar-refractivity contribution is -0.123. The van der Waals surface area contributed by atoms with Gasteiger partial charge in [0.15, 0.2) is 0 Å². The summed E-state index contributed by atoms with van der Waals surface area (Å²) in [5.41, 5.74) is 5.60. The molecule has 1 heterocycles. The zero-order valence-electron chi connectivity index (χ0n) is 8.58. The van der Waals surface area contributed by atoms with Gasteiger partial charge in [-0.2, -0.15) is 0 Å². The summed E-state index contributed by atoms with van der Waals surface area (Å²) in [6, 6.07) is -0.0687. The molecule has 0 saturated carbocycles. The average molecular weight is 222 g/mol. The van der Waals surface area contributed by atoms with E-state index in [9.17, 15) is 4.79 Å². The molecule has 4 N–H and O–H groups in total. The van der Waals surface area contributed by atoms with Crippen molar-refractivity contribution in [2.75, 3.05) is 13.1 Å². The van der Waals surface area contributed by atoms with Crippen LogP contribution in [0.5, 0.6) is 0 Å². The molecule has 1 aliphatic rings. The van der Waals surface area contributed by atoms with Gasteiger partial charge in [0.2, 0.25) is 5.91 Å². The van der Waals surface area contributed by atoms with E-state index in [2.05, 4.69) is 10.6 Å². The van der Waals surface area contributed by atoms with Crippen molar-refractivity contribution in [3.05, 3.63) is 0 Å². The van der Waals surface area contributed by atoms with Crippen molar-refractivity contribution in [2.45, 2.75) is 38.3 Å². The first-order chi connectivity index (χ1) is 6.24. The fourth-order valence-electron chi connectivity index (χ4n) is 1.47. The monoisotopic (exact) mass is 221 g/mol. The van der Waals surface area contributed by atoms with E-state index in [1.54, 1.807) is 0 Å². The van der Waals surface area contributed by atoms with Gasteiger partial charge in [-0.3, -0.25) is 4.79 Å². The Hall–Kier alpha value is -0.320. The minimum absolute atomic E-state index is 0. The van der Waals surface area contributed by atoms with Crippen molar-refractivity contribution >= 4 is 18.3 Å². The number of nitrogens with one attached hydrogen (secondary N) is 2. The van der Waals surface area contributed by atoms with E-state index in [0.29, 0.717) is 6.42 Å². The van der Waals surface area contributed by atoms with Crippen LogP contribution in [0.3, 0.4) is 0 Å². The number of carbonyl (C=O) groups excluding carboxylic acids is 1. The smallest absolute Gasteiger partial charge is 0.237 e. The van der Waals surface area contributed by atoms with Gasteiger partial charge in [-0.25, -0.2) is 0 Å². The summed E-state index contributed by atoms with van der Waals surface area (Å²) in [4.78, 5) is 11.4. The van der Waals surface area contributed by atoms with Gasteiger partial charge in [-0.15, -0.1) is 12.4 Å². The number of nitrogens with two attached hydrogens (primary N) is 1. The maximum absolute atomic E-state index is 11.4. The second-order valence-electron chi connectivity index (χ2n) is 3.57. The number of rotatable bonds is 3. The van der Waals surface area contributed by atoms with E-state index in [1.165, 1.54) is 0 Å². The van der Waals surface area contributed by atoms with Crippen molar-refractivity contribution in [1.29, 1.82) is 0 Å². The summed E-state index contributed by atoms with van der Waals surface area (Å²) < 4.78 is 0. The minimum atomic E-state index is -0.345. The number of carbonyl (C=O) groups is 1. The van der Waals surface area contributed by atoms with Gasteiger partial charge in [-0.05, 0) is 25.8 Å². The SMILES string of the molecule is CC[C@@H](N)C(=O)NC1CCCNC1.Cl. The quantitative estimate of drug-likeness (QED) is 0.629. The summed E-state index contributed by atoms with van der Waals surface area (Å²) in [6.45, 7) is 3.86. The molecule has 0 aromatic carbocycles. The first-order valence-corrected chi connectivity index (χ1v) is 5.00. The third kappa shape index (κ3) is 4.26. The largest absolute Gasteiger partial charge is 0.351 e. The van der Waals surface area contributed by atoms with Crippen molar-refractivity contribution in [3.8, 4) is 0 Å². The van der Waals surface area contributed by atoms with Crippen LogP contribution in [0.1, 0.15) is 26.2 Å². The summed E-state index contributed by atoms with van der Waals surface area (Å²) in [6.07, 6.45) is 2.90. The summed E-state index contributed by atoms with van der Waals surface area (Å²) >= 11 is 0. The third-order valence-corrected chi connectivity index (χ3v) is 2.42. The van der Waals surface area contributed by atoms with Crippen LogP contribution in [0.25, 0.3) is 0 Å². The summed E-state index contributed by atoms with van der Waals surface area (Å²) in [5, 5.41) is 6.18. The Morgan fingerprint density at radius 3 is 2.93 bits per heavy atom. The number of piperidine rings is 1. The molecule has 1 aliphatic heterocycles. The Morgan fingerprint density at radius 2 is 2.43 bits per heavy atom. The molecular formula is C9H20ClN3O. The Labute approximate surface area is 91.4 Å². The van der Waals surface area contributed by atoms with Crippen molar-refractivity contribution in [3.63, 3.8) is 0 Å². The molecule has 84 valence electrons. The number of hydrogen-bond acceptors (Lipinski definition) is 3. The van der Waals surface area contributed by atoms with Crippen LogP contribution in [-0.2, 0) is 4.79 Å². The van der Waals surface area contributed by atoms with E-state index in [1.807, 2.05) is 6.92 Å². The topological polar surface area (TPSA) is 67.2 Å². The molecule has 0 aromatic heterocycles. The standard InChI is InChI=1S/C9H19N3O.ClH/c1-2-8(10)9(13)12-7-4-3-5-11-6-7;/h7-8,11H,2-6,10H2,1H3,(H,12,13);1H/t7?,8-;/m1./s1. The van der Waals surface area contributed by atoms with E-state index in [4.69, 9.17) is 5.73 Å². The molecule has 14 heavy (non-hydrogen) atoms. The van der Waals surface area contributed by atoms with Crippen molar-refractivity contribution < 1.29 is 4.79 Å². The molecule has 0 spiro atoms. The van der Waals surface area contributed by atoms with Crippen LogP contribution in [0, 0.1) is 0 Å². The second kappa shape index (κ2) is 7.04. The predicted molar refractivity (Wildman–Crippen MR) is 59.5 cm³/mol. The van der Waals surface area contributed by atoms with Crippen LogP contribution < -0.4 is 16.4 Å². The van der Waals surface area contributed by atoms with Gasteiger partial charge in [0, 0.05) is 12.6 Å². The Kier molecular flexibility index (Phi) is 6.87. The highest BCUT2D eigenvalue weighted by molar-refractivity contribution is 5.85. The fraction of sp³-hybridized carbons (Fsp3) is 0.889. The molecule has 4 nitrogen and oxygen atoms in total. The van der Waals surface area contributed by atoms with Gasteiger partial charge in [-0.1, -0.05) is 6.92 Å². The average Bonchev–Trinajstić information content (AvgIpc) is 2.18. The number of hydrogen-bond donors (Lipinski definition) is 3. The minimum Gasteiger partial charge on any atom is -0.351 e. The molecule has 1 rings (SSSR count). The Bertz CT molecular complexity index is 171. The van der Waals surface area contributed by atoms with E-state index in [0.717, 1.165) is 25.9 Å². The molecule has 0 aliphatic carbocycles. The molecule has 1 amide bonds. The van der Waals surface area contributed by atoms with Crippen LogP contribution in [0.4, 0.5) is 0 Å². The van der Waals surface area contributed by atoms with Crippen LogP contribution in [0.15, 0.2) is 0 Å². The molecule has 1 fully saturated rings. The van der Waals surface area contributed by atoms with Gasteiger partial charge in [0.25, 0.3) is 0 Å². The summed E-state index contributed by atoms with van der Waals surface area (Å²) in [7, 11) is 0. The van der Waals surface area contributed by atoms with Gasteiger partial charge >= 0.3 is 0 Å².